The normalized spacial score (nSPS) is 16.1. The molecule has 1 saturated heterocycles. The van der Waals surface area contributed by atoms with Gasteiger partial charge in [-0.05, 0) is 24.3 Å². The summed E-state index contributed by atoms with van der Waals surface area (Å²) in [6, 6.07) is 8.72. The minimum absolute atomic E-state index is 0.0564. The lowest BCUT2D eigenvalue weighted by Gasteiger charge is -2.27. The van der Waals surface area contributed by atoms with E-state index in [0.717, 1.165) is 5.56 Å². The maximum absolute atomic E-state index is 12.9. The summed E-state index contributed by atoms with van der Waals surface area (Å²) in [5, 5.41) is 12.1. The first kappa shape index (κ1) is 22.1. The number of urea groups is 1. The van der Waals surface area contributed by atoms with Crippen molar-refractivity contribution in [1.29, 1.82) is 0 Å². The fraction of sp³-hybridized carbons (Fsp3) is 0.400. The van der Waals surface area contributed by atoms with Crippen molar-refractivity contribution in [3.8, 4) is 0 Å². The lowest BCUT2D eigenvalue weighted by atomic mass is 9.82. The third kappa shape index (κ3) is 6.15. The van der Waals surface area contributed by atoms with Gasteiger partial charge >= 0.3 is 6.03 Å². The van der Waals surface area contributed by atoms with Crippen LogP contribution in [0.3, 0.4) is 0 Å². The minimum atomic E-state index is -0.886. The van der Waals surface area contributed by atoms with Crippen LogP contribution in [0, 0.1) is 17.8 Å². The highest BCUT2D eigenvalue weighted by atomic mass is 16.5. The summed E-state index contributed by atoms with van der Waals surface area (Å²) in [6.45, 7) is 3.58. The lowest BCUT2D eigenvalue weighted by molar-refractivity contribution is -0.144. The Morgan fingerprint density at radius 2 is 1.86 bits per heavy atom. The maximum Gasteiger partial charge on any atom is 0.343 e. The molecule has 1 aliphatic heterocycles. The van der Waals surface area contributed by atoms with Crippen molar-refractivity contribution in [2.75, 3.05) is 6.54 Å². The second kappa shape index (κ2) is 10.4. The first-order valence-electron chi connectivity index (χ1n) is 9.40. The maximum atomic E-state index is 12.9. The molecule has 2 rings (SSSR count). The summed E-state index contributed by atoms with van der Waals surface area (Å²) < 4.78 is 0. The summed E-state index contributed by atoms with van der Waals surface area (Å²) in [4.78, 5) is 48.6. The van der Waals surface area contributed by atoms with Crippen molar-refractivity contribution < 1.29 is 24.4 Å². The van der Waals surface area contributed by atoms with Crippen molar-refractivity contribution in [2.24, 2.45) is 17.8 Å². The molecule has 9 nitrogen and oxygen atoms in total. The Morgan fingerprint density at radius 3 is 2.41 bits per heavy atom. The second-order valence-corrected chi connectivity index (χ2v) is 7.23. The van der Waals surface area contributed by atoms with Gasteiger partial charge in [-0.3, -0.25) is 25.0 Å². The highest BCUT2D eigenvalue weighted by Crippen LogP contribution is 2.25. The molecule has 1 aliphatic rings. The number of hydrogen-bond donors (Lipinski definition) is 4. The van der Waals surface area contributed by atoms with Crippen molar-refractivity contribution >= 4 is 29.8 Å². The quantitative estimate of drug-likeness (QED) is 0.282. The Morgan fingerprint density at radius 1 is 1.17 bits per heavy atom. The third-order valence-electron chi connectivity index (χ3n) is 4.56. The van der Waals surface area contributed by atoms with Gasteiger partial charge in [0.25, 0.3) is 5.91 Å². The van der Waals surface area contributed by atoms with Gasteiger partial charge in [0.15, 0.2) is 0 Å². The molecule has 0 spiro atoms. The van der Waals surface area contributed by atoms with E-state index in [0.29, 0.717) is 11.4 Å². The first-order valence-corrected chi connectivity index (χ1v) is 9.40. The molecule has 1 aromatic rings. The van der Waals surface area contributed by atoms with Gasteiger partial charge in [0, 0.05) is 0 Å². The Bertz CT molecular complexity index is 762. The Labute approximate surface area is 169 Å². The van der Waals surface area contributed by atoms with Gasteiger partial charge in [0.1, 0.15) is 6.54 Å². The average molecular weight is 402 g/mol. The molecule has 29 heavy (non-hydrogen) atoms. The van der Waals surface area contributed by atoms with Crippen LogP contribution in [-0.4, -0.2) is 40.5 Å². The molecular formula is C20H26N4O5. The molecular weight excluding hydrogens is 376 g/mol. The van der Waals surface area contributed by atoms with Crippen LogP contribution in [0.25, 0.3) is 6.08 Å². The number of hydroxylamine groups is 1. The second-order valence-electron chi connectivity index (χ2n) is 7.23. The van der Waals surface area contributed by atoms with Gasteiger partial charge in [-0.25, -0.2) is 10.3 Å². The van der Waals surface area contributed by atoms with E-state index >= 15 is 0 Å². The van der Waals surface area contributed by atoms with E-state index in [1.165, 1.54) is 0 Å². The van der Waals surface area contributed by atoms with Crippen LogP contribution in [-0.2, 0) is 14.4 Å². The summed E-state index contributed by atoms with van der Waals surface area (Å²) >= 11 is 0. The smallest absolute Gasteiger partial charge is 0.327 e. The topological polar surface area (TPSA) is 128 Å². The van der Waals surface area contributed by atoms with E-state index in [-0.39, 0.29) is 18.9 Å². The first-order chi connectivity index (χ1) is 13.8. The lowest BCUT2D eigenvalue weighted by Crippen LogP contribution is -2.51. The van der Waals surface area contributed by atoms with Crippen LogP contribution in [0.4, 0.5) is 4.79 Å². The standard InChI is InChI=1S/C20H26N4O5/c1-13(2)11-16(18(26)22-24-17(25)12-21-20(24)28)15(19(27)23-29)10-6-9-14-7-4-3-5-8-14/h3-9,13,15-16,29H,10-12H2,1-2H3,(H,21,28)(H,22,26)(H,23,27)/b9-6+. The van der Waals surface area contributed by atoms with Gasteiger partial charge in [-0.2, -0.15) is 5.01 Å². The van der Waals surface area contributed by atoms with Crippen LogP contribution in [0.2, 0.25) is 0 Å². The zero-order valence-corrected chi connectivity index (χ0v) is 16.4. The molecule has 1 heterocycles. The number of imide groups is 1. The predicted octanol–water partition coefficient (Wildman–Crippen LogP) is 1.46. The summed E-state index contributed by atoms with van der Waals surface area (Å²) in [5.41, 5.74) is 4.85. The van der Waals surface area contributed by atoms with E-state index < -0.39 is 35.6 Å². The molecule has 2 unspecified atom stereocenters. The predicted molar refractivity (Wildman–Crippen MR) is 105 cm³/mol. The number of amides is 5. The van der Waals surface area contributed by atoms with Crippen LogP contribution in [0.15, 0.2) is 36.4 Å². The zero-order chi connectivity index (χ0) is 21.4. The van der Waals surface area contributed by atoms with Gasteiger partial charge in [-0.15, -0.1) is 0 Å². The largest absolute Gasteiger partial charge is 0.343 e. The number of carbonyl (C=O) groups excluding carboxylic acids is 4. The highest BCUT2D eigenvalue weighted by molar-refractivity contribution is 6.03. The molecule has 0 aliphatic carbocycles. The molecule has 9 heteroatoms. The molecule has 4 N–H and O–H groups in total. The van der Waals surface area contributed by atoms with E-state index in [4.69, 9.17) is 0 Å². The van der Waals surface area contributed by atoms with Crippen LogP contribution in [0.5, 0.6) is 0 Å². The minimum Gasteiger partial charge on any atom is -0.327 e. The van der Waals surface area contributed by atoms with E-state index in [9.17, 15) is 24.4 Å². The van der Waals surface area contributed by atoms with E-state index in [1.54, 1.807) is 11.6 Å². The summed E-state index contributed by atoms with van der Waals surface area (Å²) in [7, 11) is 0. The number of nitrogens with one attached hydrogen (secondary N) is 3. The highest BCUT2D eigenvalue weighted by Gasteiger charge is 2.37. The Balaban J connectivity index is 2.19. The number of carbonyl (C=O) groups is 4. The van der Waals surface area contributed by atoms with Gasteiger partial charge in [0.2, 0.25) is 11.8 Å². The van der Waals surface area contributed by atoms with E-state index in [1.807, 2.05) is 50.3 Å². The van der Waals surface area contributed by atoms with Gasteiger partial charge in [-0.1, -0.05) is 56.3 Å². The summed E-state index contributed by atoms with van der Waals surface area (Å²) in [5.74, 6) is -3.61. The van der Waals surface area contributed by atoms with Crippen LogP contribution < -0.4 is 16.2 Å². The zero-order valence-electron chi connectivity index (χ0n) is 16.4. The van der Waals surface area contributed by atoms with Crippen molar-refractivity contribution in [3.05, 3.63) is 42.0 Å². The number of hydrogen-bond acceptors (Lipinski definition) is 5. The Kier molecular flexibility index (Phi) is 7.90. The van der Waals surface area contributed by atoms with E-state index in [2.05, 4.69) is 10.7 Å². The molecule has 0 saturated carbocycles. The average Bonchev–Trinajstić information content (AvgIpc) is 3.01. The molecule has 0 radical (unpaired) electrons. The number of rotatable bonds is 9. The molecule has 1 fully saturated rings. The SMILES string of the molecule is CC(C)CC(C(=O)NN1C(=O)CNC1=O)C(C/C=C/c1ccccc1)C(=O)NO. The van der Waals surface area contributed by atoms with Crippen molar-refractivity contribution in [1.82, 2.24) is 21.2 Å². The molecule has 2 atom stereocenters. The third-order valence-corrected chi connectivity index (χ3v) is 4.56. The number of benzene rings is 1. The Hall–Kier alpha value is -3.20. The number of nitrogens with zero attached hydrogens (tertiary/aromatic N) is 1. The number of allylic oxidation sites excluding steroid dienone is 1. The van der Waals surface area contributed by atoms with Crippen molar-refractivity contribution in [2.45, 2.75) is 26.7 Å². The number of hydrazine groups is 1. The fourth-order valence-electron chi connectivity index (χ4n) is 3.14. The monoisotopic (exact) mass is 402 g/mol. The van der Waals surface area contributed by atoms with Crippen LogP contribution >= 0.6 is 0 Å². The molecule has 0 aromatic heterocycles. The summed E-state index contributed by atoms with van der Waals surface area (Å²) in [6.07, 6.45) is 4.09. The van der Waals surface area contributed by atoms with Gasteiger partial charge < -0.3 is 5.32 Å². The van der Waals surface area contributed by atoms with Crippen molar-refractivity contribution in [3.63, 3.8) is 0 Å². The van der Waals surface area contributed by atoms with Crippen LogP contribution in [0.1, 0.15) is 32.3 Å². The van der Waals surface area contributed by atoms with Gasteiger partial charge in [0.05, 0.1) is 11.8 Å². The molecule has 1 aromatic carbocycles. The molecule has 5 amide bonds. The molecule has 0 bridgehead atoms. The molecule has 156 valence electrons. The fourth-order valence-corrected chi connectivity index (χ4v) is 3.14.